The van der Waals surface area contributed by atoms with Crippen molar-refractivity contribution in [2.75, 3.05) is 39.8 Å². The second kappa shape index (κ2) is 3.69. The lowest BCUT2D eigenvalue weighted by Crippen LogP contribution is -2.47. The molecule has 4 nitrogen and oxygen atoms in total. The first-order chi connectivity index (χ1) is 5.24. The molecular weight excluding hydrogens is 142 g/mol. The Bertz CT molecular complexity index is 141. The lowest BCUT2D eigenvalue weighted by atomic mass is 10.3. The van der Waals surface area contributed by atoms with Crippen LogP contribution in [0.2, 0.25) is 0 Å². The largest absolute Gasteiger partial charge is 0.388 e. The van der Waals surface area contributed by atoms with Crippen molar-refractivity contribution in [3.8, 4) is 0 Å². The normalized spacial score (nSPS) is 20.4. The molecule has 1 heterocycles. The Hall–Kier alpha value is -0.610. The molecule has 1 saturated heterocycles. The van der Waals surface area contributed by atoms with E-state index in [0.29, 0.717) is 5.84 Å². The van der Waals surface area contributed by atoms with Crippen molar-refractivity contribution >= 4 is 5.84 Å². The summed E-state index contributed by atoms with van der Waals surface area (Å²) in [4.78, 5) is 4.14. The Kier molecular flexibility index (Phi) is 2.84. The molecule has 0 aromatic heterocycles. The summed E-state index contributed by atoms with van der Waals surface area (Å²) in [5.41, 5.74) is 0. The number of piperazine rings is 1. The standard InChI is InChI=1S/C7H15N3O/c1-9-2-4-10(5-3-9)7(8)6-11/h8,11H,2-6H2,1H3. The van der Waals surface area contributed by atoms with E-state index in [1.165, 1.54) is 0 Å². The van der Waals surface area contributed by atoms with Crippen molar-refractivity contribution in [1.29, 1.82) is 5.41 Å². The van der Waals surface area contributed by atoms with E-state index in [-0.39, 0.29) is 6.61 Å². The Morgan fingerprint density at radius 3 is 2.36 bits per heavy atom. The maximum atomic E-state index is 8.67. The van der Waals surface area contributed by atoms with Crippen LogP contribution in [0.15, 0.2) is 0 Å². The Labute approximate surface area is 66.9 Å². The van der Waals surface area contributed by atoms with Gasteiger partial charge in [-0.1, -0.05) is 0 Å². The molecule has 0 unspecified atom stereocenters. The molecule has 0 atom stereocenters. The fraction of sp³-hybridized carbons (Fsp3) is 0.857. The first-order valence-electron chi connectivity index (χ1n) is 3.86. The van der Waals surface area contributed by atoms with Gasteiger partial charge in [0.1, 0.15) is 12.4 Å². The van der Waals surface area contributed by atoms with Gasteiger partial charge in [0.05, 0.1) is 0 Å². The molecule has 0 amide bonds. The quantitative estimate of drug-likeness (QED) is 0.387. The van der Waals surface area contributed by atoms with Crippen LogP contribution < -0.4 is 0 Å². The van der Waals surface area contributed by atoms with E-state index in [9.17, 15) is 0 Å². The first kappa shape index (κ1) is 8.49. The average molecular weight is 157 g/mol. The third-order valence-electron chi connectivity index (χ3n) is 2.03. The van der Waals surface area contributed by atoms with Crippen LogP contribution in [0.1, 0.15) is 0 Å². The van der Waals surface area contributed by atoms with E-state index >= 15 is 0 Å². The van der Waals surface area contributed by atoms with Gasteiger partial charge in [0.15, 0.2) is 0 Å². The van der Waals surface area contributed by atoms with Crippen LogP contribution in [0.4, 0.5) is 0 Å². The number of nitrogens with one attached hydrogen (secondary N) is 1. The molecule has 1 aliphatic heterocycles. The summed E-state index contributed by atoms with van der Waals surface area (Å²) >= 11 is 0. The third-order valence-corrected chi connectivity index (χ3v) is 2.03. The monoisotopic (exact) mass is 157 g/mol. The number of hydrogen-bond acceptors (Lipinski definition) is 3. The molecule has 1 fully saturated rings. The van der Waals surface area contributed by atoms with E-state index in [1.54, 1.807) is 0 Å². The van der Waals surface area contributed by atoms with Gasteiger partial charge in [-0.05, 0) is 7.05 Å². The number of rotatable bonds is 1. The zero-order valence-electron chi connectivity index (χ0n) is 6.88. The summed E-state index contributed by atoms with van der Waals surface area (Å²) in [7, 11) is 2.07. The van der Waals surface area contributed by atoms with Gasteiger partial charge in [-0.25, -0.2) is 0 Å². The van der Waals surface area contributed by atoms with Crippen molar-refractivity contribution in [2.24, 2.45) is 0 Å². The molecule has 0 aromatic carbocycles. The predicted octanol–water partition coefficient (Wildman–Crippen LogP) is -0.797. The van der Waals surface area contributed by atoms with Gasteiger partial charge in [0.25, 0.3) is 0 Å². The highest BCUT2D eigenvalue weighted by atomic mass is 16.3. The third kappa shape index (κ3) is 2.17. The van der Waals surface area contributed by atoms with Crippen LogP contribution in [0.25, 0.3) is 0 Å². The summed E-state index contributed by atoms with van der Waals surface area (Å²) in [6.45, 7) is 3.58. The van der Waals surface area contributed by atoms with Gasteiger partial charge in [0, 0.05) is 26.2 Å². The van der Waals surface area contributed by atoms with Crippen LogP contribution in [0, 0.1) is 5.41 Å². The van der Waals surface area contributed by atoms with Gasteiger partial charge < -0.3 is 14.9 Å². The summed E-state index contributed by atoms with van der Waals surface area (Å²) < 4.78 is 0. The number of aliphatic hydroxyl groups excluding tert-OH is 1. The van der Waals surface area contributed by atoms with E-state index < -0.39 is 0 Å². The number of aliphatic hydroxyl groups is 1. The van der Waals surface area contributed by atoms with E-state index in [4.69, 9.17) is 10.5 Å². The van der Waals surface area contributed by atoms with Crippen LogP contribution in [-0.4, -0.2) is 60.6 Å². The number of nitrogens with zero attached hydrogens (tertiary/aromatic N) is 2. The van der Waals surface area contributed by atoms with Gasteiger partial charge in [-0.3, -0.25) is 5.41 Å². The molecule has 0 aliphatic carbocycles. The minimum atomic E-state index is -0.135. The highest BCUT2D eigenvalue weighted by Gasteiger charge is 2.14. The van der Waals surface area contributed by atoms with Crippen molar-refractivity contribution in [3.05, 3.63) is 0 Å². The molecule has 4 heteroatoms. The molecule has 0 saturated carbocycles. The lowest BCUT2D eigenvalue weighted by molar-refractivity contribution is 0.204. The average Bonchev–Trinajstić information content (AvgIpc) is 2.05. The molecule has 1 rings (SSSR count). The predicted molar refractivity (Wildman–Crippen MR) is 43.9 cm³/mol. The fourth-order valence-electron chi connectivity index (χ4n) is 1.18. The number of hydrogen-bond donors (Lipinski definition) is 2. The Morgan fingerprint density at radius 1 is 1.36 bits per heavy atom. The van der Waals surface area contributed by atoms with Gasteiger partial charge in [-0.15, -0.1) is 0 Å². The molecule has 11 heavy (non-hydrogen) atoms. The van der Waals surface area contributed by atoms with Crippen molar-refractivity contribution in [3.63, 3.8) is 0 Å². The van der Waals surface area contributed by atoms with Gasteiger partial charge >= 0.3 is 0 Å². The minimum absolute atomic E-state index is 0.135. The van der Waals surface area contributed by atoms with Crippen LogP contribution in [0.5, 0.6) is 0 Å². The SMILES string of the molecule is CN1CCN(C(=N)CO)CC1. The minimum Gasteiger partial charge on any atom is -0.388 e. The summed E-state index contributed by atoms with van der Waals surface area (Å²) in [5.74, 6) is 0.345. The highest BCUT2D eigenvalue weighted by molar-refractivity contribution is 5.80. The molecule has 0 aromatic rings. The fourth-order valence-corrected chi connectivity index (χ4v) is 1.18. The van der Waals surface area contributed by atoms with Gasteiger partial charge in [0.2, 0.25) is 0 Å². The van der Waals surface area contributed by atoms with E-state index in [2.05, 4.69) is 11.9 Å². The first-order valence-corrected chi connectivity index (χ1v) is 3.86. The molecule has 1 aliphatic rings. The molecule has 0 radical (unpaired) electrons. The number of likely N-dealkylation sites (N-methyl/N-ethyl adjacent to an activating group) is 1. The number of amidine groups is 1. The highest BCUT2D eigenvalue weighted by Crippen LogP contribution is 1.98. The van der Waals surface area contributed by atoms with Crippen molar-refractivity contribution in [2.45, 2.75) is 0 Å². The topological polar surface area (TPSA) is 50.6 Å². The molecular formula is C7H15N3O. The Balaban J connectivity index is 2.33. The molecule has 0 bridgehead atoms. The molecule has 0 spiro atoms. The summed E-state index contributed by atoms with van der Waals surface area (Å²) in [6, 6.07) is 0. The van der Waals surface area contributed by atoms with Gasteiger partial charge in [-0.2, -0.15) is 0 Å². The van der Waals surface area contributed by atoms with E-state index in [1.807, 2.05) is 4.90 Å². The zero-order valence-corrected chi connectivity index (χ0v) is 6.88. The summed E-state index contributed by atoms with van der Waals surface area (Å²) in [5, 5.41) is 16.0. The van der Waals surface area contributed by atoms with Crippen LogP contribution in [0.3, 0.4) is 0 Å². The second-order valence-electron chi connectivity index (χ2n) is 2.90. The summed E-state index contributed by atoms with van der Waals surface area (Å²) in [6.07, 6.45) is 0. The van der Waals surface area contributed by atoms with Crippen LogP contribution in [-0.2, 0) is 0 Å². The molecule has 64 valence electrons. The zero-order chi connectivity index (χ0) is 8.27. The maximum absolute atomic E-state index is 8.67. The Morgan fingerprint density at radius 2 is 1.91 bits per heavy atom. The van der Waals surface area contributed by atoms with Crippen molar-refractivity contribution in [1.82, 2.24) is 9.80 Å². The van der Waals surface area contributed by atoms with Crippen molar-refractivity contribution < 1.29 is 5.11 Å². The smallest absolute Gasteiger partial charge is 0.122 e. The van der Waals surface area contributed by atoms with Crippen LogP contribution >= 0.6 is 0 Å². The molecule has 2 N–H and O–H groups in total. The van der Waals surface area contributed by atoms with E-state index in [0.717, 1.165) is 26.2 Å². The second-order valence-corrected chi connectivity index (χ2v) is 2.90. The lowest BCUT2D eigenvalue weighted by Gasteiger charge is -2.33. The maximum Gasteiger partial charge on any atom is 0.122 e.